The molecule has 2 aromatic rings. The van der Waals surface area contributed by atoms with Crippen molar-refractivity contribution >= 4 is 28.5 Å². The van der Waals surface area contributed by atoms with Gasteiger partial charge in [0.2, 0.25) is 0 Å². The van der Waals surface area contributed by atoms with Crippen LogP contribution < -0.4 is 10.0 Å². The first-order valence-electron chi connectivity index (χ1n) is 7.64. The Morgan fingerprint density at radius 2 is 2.00 bits per heavy atom. The number of carbonyl (C=O) groups excluding carboxylic acids is 1. The number of rotatable bonds is 3. The summed E-state index contributed by atoms with van der Waals surface area (Å²) in [6, 6.07) is 5.51. The molecular weight excluding hydrogens is 322 g/mol. The van der Waals surface area contributed by atoms with E-state index >= 15 is 0 Å². The number of nitrogens with zero attached hydrogens (tertiary/aromatic N) is 2. The molecule has 7 heteroatoms. The van der Waals surface area contributed by atoms with E-state index < -0.39 is 11.1 Å². The van der Waals surface area contributed by atoms with Crippen molar-refractivity contribution in [2.24, 2.45) is 0 Å². The Kier molecular flexibility index (Phi) is 4.44. The average molecular weight is 343 g/mol. The van der Waals surface area contributed by atoms with Crippen LogP contribution in [0.25, 0.3) is 5.57 Å². The highest BCUT2D eigenvalue weighted by Crippen LogP contribution is 2.36. The van der Waals surface area contributed by atoms with Crippen LogP contribution in [0.15, 0.2) is 47.5 Å². The summed E-state index contributed by atoms with van der Waals surface area (Å²) < 4.78 is 2.96. The van der Waals surface area contributed by atoms with Crippen LogP contribution in [-0.2, 0) is 5.41 Å². The maximum Gasteiger partial charge on any atom is 0.329 e. The van der Waals surface area contributed by atoms with E-state index in [1.807, 2.05) is 29.7 Å². The standard InChI is InChI=1S/C17H21N5OS/c1-17(2,3)14-10-15(21-20-14)19-16(23)22-24-9-6-13(11-24)12-4-7-18-8-5-12/h4-11,24H,1-3H3,(H3,19,20,21,22,23). The Labute approximate surface area is 143 Å². The van der Waals surface area contributed by atoms with Gasteiger partial charge < -0.3 is 0 Å². The van der Waals surface area contributed by atoms with Crippen LogP contribution in [0.5, 0.6) is 0 Å². The molecule has 1 aliphatic heterocycles. The highest BCUT2D eigenvalue weighted by molar-refractivity contribution is 8.21. The SMILES string of the molecule is CC(C)(C)c1cc(NC(=O)N[SH]2C=CC(c3ccncc3)=C2)[nH]n1. The lowest BCUT2D eigenvalue weighted by atomic mass is 9.92. The van der Waals surface area contributed by atoms with Gasteiger partial charge in [0.15, 0.2) is 0 Å². The molecule has 0 saturated carbocycles. The number of aromatic nitrogens is 3. The molecular formula is C17H21N5OS. The number of pyridine rings is 1. The summed E-state index contributed by atoms with van der Waals surface area (Å²) in [5.41, 5.74) is 3.04. The number of hydrogen-bond donors (Lipinski definition) is 4. The van der Waals surface area contributed by atoms with Gasteiger partial charge in [0.25, 0.3) is 0 Å². The first kappa shape index (κ1) is 16.3. The smallest absolute Gasteiger partial charge is 0.295 e. The summed E-state index contributed by atoms with van der Waals surface area (Å²) in [5, 5.41) is 13.9. The molecule has 0 fully saturated rings. The molecule has 0 aromatic carbocycles. The largest absolute Gasteiger partial charge is 0.329 e. The van der Waals surface area contributed by atoms with E-state index in [1.165, 1.54) is 0 Å². The summed E-state index contributed by atoms with van der Waals surface area (Å²) in [4.78, 5) is 16.2. The third-order valence-electron chi connectivity index (χ3n) is 3.53. The number of allylic oxidation sites excluding steroid dienone is 2. The number of hydrogen-bond acceptors (Lipinski definition) is 3. The number of amides is 2. The lowest BCUT2D eigenvalue weighted by molar-refractivity contribution is 0.257. The molecule has 6 nitrogen and oxygen atoms in total. The lowest BCUT2D eigenvalue weighted by Crippen LogP contribution is -2.24. The summed E-state index contributed by atoms with van der Waals surface area (Å²) in [7, 11) is 0. The Bertz CT molecular complexity index is 789. The number of H-pyrrole nitrogens is 1. The summed E-state index contributed by atoms with van der Waals surface area (Å²) in [6.07, 6.45) is 5.54. The molecule has 2 aromatic heterocycles. The van der Waals surface area contributed by atoms with E-state index in [-0.39, 0.29) is 11.4 Å². The Morgan fingerprint density at radius 3 is 2.67 bits per heavy atom. The van der Waals surface area contributed by atoms with Crippen LogP contribution in [0.1, 0.15) is 32.0 Å². The highest BCUT2D eigenvalue weighted by atomic mass is 32.2. The van der Waals surface area contributed by atoms with Crippen LogP contribution >= 0.6 is 11.1 Å². The van der Waals surface area contributed by atoms with E-state index in [9.17, 15) is 4.79 Å². The molecule has 126 valence electrons. The van der Waals surface area contributed by atoms with Crippen LogP contribution in [0, 0.1) is 0 Å². The minimum absolute atomic E-state index is 0.0621. The van der Waals surface area contributed by atoms with E-state index in [1.54, 1.807) is 12.4 Å². The van der Waals surface area contributed by atoms with E-state index in [2.05, 4.69) is 51.4 Å². The quantitative estimate of drug-likeness (QED) is 0.641. The summed E-state index contributed by atoms with van der Waals surface area (Å²) in [6.45, 7) is 6.22. The predicted molar refractivity (Wildman–Crippen MR) is 99.8 cm³/mol. The maximum atomic E-state index is 12.1. The van der Waals surface area contributed by atoms with Gasteiger partial charge in [-0.1, -0.05) is 20.8 Å². The van der Waals surface area contributed by atoms with Crippen LogP contribution in [0.2, 0.25) is 0 Å². The number of thiol groups is 1. The van der Waals surface area contributed by atoms with Gasteiger partial charge in [-0.05, 0) is 40.2 Å². The zero-order chi connectivity index (χ0) is 17.2. The van der Waals surface area contributed by atoms with Crippen molar-refractivity contribution < 1.29 is 4.79 Å². The molecule has 0 saturated heterocycles. The molecule has 1 atom stereocenters. The molecule has 1 aliphatic rings. The van der Waals surface area contributed by atoms with Gasteiger partial charge in [-0.3, -0.25) is 20.1 Å². The minimum Gasteiger partial charge on any atom is -0.295 e. The van der Waals surface area contributed by atoms with Crippen molar-refractivity contribution in [2.75, 3.05) is 5.32 Å². The second-order valence-corrected chi connectivity index (χ2v) is 8.12. The minimum atomic E-state index is -0.819. The number of carbonyl (C=O) groups is 1. The monoisotopic (exact) mass is 343 g/mol. The number of anilines is 1. The second kappa shape index (κ2) is 6.52. The topological polar surface area (TPSA) is 82.7 Å². The van der Waals surface area contributed by atoms with Crippen LogP contribution in [0.4, 0.5) is 10.6 Å². The van der Waals surface area contributed by atoms with Crippen molar-refractivity contribution in [3.63, 3.8) is 0 Å². The highest BCUT2D eigenvalue weighted by Gasteiger charge is 2.18. The third-order valence-corrected chi connectivity index (χ3v) is 5.02. The fourth-order valence-electron chi connectivity index (χ4n) is 2.22. The summed E-state index contributed by atoms with van der Waals surface area (Å²) in [5.74, 6) is 0.592. The zero-order valence-electron chi connectivity index (χ0n) is 13.9. The normalized spacial score (nSPS) is 18.3. The molecule has 3 N–H and O–H groups in total. The van der Waals surface area contributed by atoms with Gasteiger partial charge in [0.05, 0.1) is 5.69 Å². The number of aromatic amines is 1. The zero-order valence-corrected chi connectivity index (χ0v) is 14.8. The molecule has 0 aliphatic carbocycles. The van der Waals surface area contributed by atoms with E-state index in [0.717, 1.165) is 16.8 Å². The molecule has 24 heavy (non-hydrogen) atoms. The second-order valence-electron chi connectivity index (χ2n) is 6.53. The molecule has 2 amide bonds. The van der Waals surface area contributed by atoms with Crippen molar-refractivity contribution in [2.45, 2.75) is 26.2 Å². The van der Waals surface area contributed by atoms with Gasteiger partial charge in [0, 0.05) is 23.9 Å². The van der Waals surface area contributed by atoms with Crippen LogP contribution in [0.3, 0.4) is 0 Å². The molecule has 0 bridgehead atoms. The fourth-order valence-corrected chi connectivity index (χ4v) is 3.59. The Hall–Kier alpha value is -2.54. The van der Waals surface area contributed by atoms with Gasteiger partial charge in [-0.25, -0.2) is 4.79 Å². The van der Waals surface area contributed by atoms with E-state index in [0.29, 0.717) is 5.82 Å². The van der Waals surface area contributed by atoms with Crippen molar-refractivity contribution in [3.8, 4) is 0 Å². The predicted octanol–water partition coefficient (Wildman–Crippen LogP) is 3.71. The van der Waals surface area contributed by atoms with Crippen molar-refractivity contribution in [3.05, 3.63) is 58.7 Å². The number of nitrogens with one attached hydrogen (secondary N) is 3. The molecule has 3 heterocycles. The van der Waals surface area contributed by atoms with E-state index in [4.69, 9.17) is 0 Å². The molecule has 0 spiro atoms. The first-order valence-corrected chi connectivity index (χ1v) is 9.12. The van der Waals surface area contributed by atoms with Crippen molar-refractivity contribution in [1.82, 2.24) is 19.9 Å². The Morgan fingerprint density at radius 1 is 1.25 bits per heavy atom. The summed E-state index contributed by atoms with van der Waals surface area (Å²) >= 11 is -0.819. The van der Waals surface area contributed by atoms with Crippen molar-refractivity contribution in [1.29, 1.82) is 0 Å². The first-order chi connectivity index (χ1) is 11.4. The number of urea groups is 1. The van der Waals surface area contributed by atoms with Gasteiger partial charge in [0.1, 0.15) is 5.82 Å². The van der Waals surface area contributed by atoms with Gasteiger partial charge in [-0.2, -0.15) is 5.10 Å². The average Bonchev–Trinajstić information content (AvgIpc) is 3.17. The molecule has 3 rings (SSSR count). The third kappa shape index (κ3) is 3.86. The molecule has 0 radical (unpaired) electrons. The maximum absolute atomic E-state index is 12.1. The fraction of sp³-hybridized carbons (Fsp3) is 0.235. The lowest BCUT2D eigenvalue weighted by Gasteiger charge is -2.14. The van der Waals surface area contributed by atoms with Gasteiger partial charge >= 0.3 is 6.03 Å². The van der Waals surface area contributed by atoms with Crippen LogP contribution in [-0.4, -0.2) is 21.2 Å². The molecule has 1 unspecified atom stereocenters. The Balaban J connectivity index is 1.59. The van der Waals surface area contributed by atoms with Gasteiger partial charge in [-0.15, -0.1) is 11.1 Å².